The van der Waals surface area contributed by atoms with Gasteiger partial charge in [0.2, 0.25) is 11.6 Å². The fraction of sp³-hybridized carbons (Fsp3) is 0.842. The molecule has 0 aromatic carbocycles. The van der Waals surface area contributed by atoms with Gasteiger partial charge in [-0.3, -0.25) is 9.53 Å². The summed E-state index contributed by atoms with van der Waals surface area (Å²) in [5, 5.41) is 0. The van der Waals surface area contributed by atoms with Gasteiger partial charge in [0, 0.05) is 19.4 Å². The van der Waals surface area contributed by atoms with Crippen LogP contribution in [0.3, 0.4) is 0 Å². The van der Waals surface area contributed by atoms with E-state index in [-0.39, 0.29) is 29.7 Å². The van der Waals surface area contributed by atoms with Gasteiger partial charge in [-0.1, -0.05) is 154 Å². The van der Waals surface area contributed by atoms with Gasteiger partial charge in [0.15, 0.2) is 0 Å². The van der Waals surface area contributed by atoms with Crippen molar-refractivity contribution < 1.29 is 23.8 Å². The van der Waals surface area contributed by atoms with Crippen LogP contribution in [0.4, 0.5) is 0 Å². The summed E-state index contributed by atoms with van der Waals surface area (Å²) in [4.78, 5) is 26.8. The Morgan fingerprint density at radius 3 is 1.74 bits per heavy atom. The first-order valence-electron chi connectivity index (χ1n) is 18.4. The lowest BCUT2D eigenvalue weighted by atomic mass is 9.55. The molecule has 3 saturated heterocycles. The van der Waals surface area contributed by atoms with Crippen LogP contribution in [0.1, 0.15) is 169 Å². The van der Waals surface area contributed by atoms with Gasteiger partial charge in [-0.05, 0) is 25.2 Å². The van der Waals surface area contributed by atoms with Gasteiger partial charge in [-0.15, -0.1) is 0 Å². The maximum atomic E-state index is 13.9. The van der Waals surface area contributed by atoms with Crippen LogP contribution in [0.5, 0.6) is 0 Å². The number of rotatable bonds is 23. The Balaban J connectivity index is 1.34. The number of carbonyl (C=O) groups is 2. The van der Waals surface area contributed by atoms with Gasteiger partial charge < -0.3 is 9.47 Å². The molecule has 1 aliphatic carbocycles. The predicted molar refractivity (Wildman–Crippen MR) is 173 cm³/mol. The van der Waals surface area contributed by atoms with Gasteiger partial charge in [0.1, 0.15) is 5.41 Å². The first kappa shape index (κ1) is 34.3. The second kappa shape index (κ2) is 16.1. The molecule has 0 radical (unpaired) electrons. The Labute approximate surface area is 263 Å². The van der Waals surface area contributed by atoms with Crippen LogP contribution >= 0.6 is 0 Å². The summed E-state index contributed by atoms with van der Waals surface area (Å²) in [6, 6.07) is 0. The molecule has 4 rings (SSSR count). The first-order chi connectivity index (χ1) is 20.8. The molecule has 0 unspecified atom stereocenters. The third-order valence-electron chi connectivity index (χ3n) is 10.9. The lowest BCUT2D eigenvalue weighted by molar-refractivity contribution is -0.280. The minimum Gasteiger partial charge on any atom is -0.432 e. The summed E-state index contributed by atoms with van der Waals surface area (Å²) in [5.41, 5.74) is -0.0998. The smallest absolute Gasteiger partial charge is 0.336 e. The van der Waals surface area contributed by atoms with E-state index in [0.29, 0.717) is 5.57 Å². The third kappa shape index (κ3) is 7.79. The molecule has 0 spiro atoms. The van der Waals surface area contributed by atoms with Crippen LogP contribution in [0, 0.1) is 23.2 Å². The third-order valence-corrected chi connectivity index (χ3v) is 10.9. The Morgan fingerprint density at radius 2 is 1.19 bits per heavy atom. The number of esters is 2. The van der Waals surface area contributed by atoms with E-state index < -0.39 is 17.0 Å². The summed E-state index contributed by atoms with van der Waals surface area (Å²) in [6.45, 7) is 8.26. The molecule has 3 heterocycles. The normalized spacial score (nSPS) is 32.4. The average Bonchev–Trinajstić information content (AvgIpc) is 3.44. The zero-order valence-corrected chi connectivity index (χ0v) is 28.1. The lowest BCUT2D eigenvalue weighted by Crippen LogP contribution is -2.47. The number of hydrogen-bond donors (Lipinski definition) is 0. The Hall–Kier alpha value is -1.62. The van der Waals surface area contributed by atoms with E-state index in [9.17, 15) is 9.59 Å². The molecule has 0 aromatic heterocycles. The lowest BCUT2D eigenvalue weighted by Gasteiger charge is -2.41. The zero-order chi connectivity index (χ0) is 30.8. The van der Waals surface area contributed by atoms with Gasteiger partial charge in [0.05, 0.1) is 11.8 Å². The minimum absolute atomic E-state index is 0.0762. The second-order valence-electron chi connectivity index (χ2n) is 14.4. The summed E-state index contributed by atoms with van der Waals surface area (Å²) in [6.07, 6.45) is 34.2. The largest absolute Gasteiger partial charge is 0.432 e. The molecule has 5 heteroatoms. The summed E-state index contributed by atoms with van der Waals surface area (Å²) in [7, 11) is 0. The van der Waals surface area contributed by atoms with E-state index in [1.54, 1.807) is 0 Å². The Morgan fingerprint density at radius 1 is 0.674 bits per heavy atom. The monoisotopic (exact) mass is 598 g/mol. The van der Waals surface area contributed by atoms with Crippen molar-refractivity contribution in [2.24, 2.45) is 23.2 Å². The van der Waals surface area contributed by atoms with Crippen LogP contribution in [0.15, 0.2) is 23.8 Å². The molecule has 0 N–H and O–H groups in total. The van der Waals surface area contributed by atoms with Crippen molar-refractivity contribution in [3.63, 3.8) is 0 Å². The van der Waals surface area contributed by atoms with Gasteiger partial charge in [-0.25, -0.2) is 4.79 Å². The number of carbonyl (C=O) groups excluding carboxylic acids is 2. The van der Waals surface area contributed by atoms with E-state index in [0.717, 1.165) is 32.1 Å². The standard InChI is InChI=1S/C38H62O5/c1-5-7-9-11-13-15-17-18-20-22-24-26-28-38-30(27-25-23-21-19-16-14-12-10-8-6-2)29-31-32-33(38)37(4,42-35(38)40)43-36(32,3)41-34(31)39/h26,28-30,32-33H,5-25,27H2,1-4H3/b28-26+/t30-,32+,33-,36-,37+,38-/m0/s1. The highest BCUT2D eigenvalue weighted by molar-refractivity contribution is 5.95. The van der Waals surface area contributed by atoms with Crippen LogP contribution in [0.25, 0.3) is 0 Å². The summed E-state index contributed by atoms with van der Waals surface area (Å²) < 4.78 is 18.2. The fourth-order valence-corrected chi connectivity index (χ4v) is 8.65. The maximum Gasteiger partial charge on any atom is 0.336 e. The number of unbranched alkanes of at least 4 members (excludes halogenated alkanes) is 19. The quantitative estimate of drug-likeness (QED) is 0.0665. The SMILES string of the molecule is CCCCCCCCCCCC/C=C/[C@]12C(=O)O[C@]3(C)O[C@]4(C)OC(=O)C(=C[C@@H]1CCCCCCCCCCCC)[C@@H]4[C@@H]32. The Bertz CT molecular complexity index is 969. The number of ether oxygens (including phenoxy) is 3. The van der Waals surface area contributed by atoms with Crippen molar-refractivity contribution in [3.05, 3.63) is 23.8 Å². The predicted octanol–water partition coefficient (Wildman–Crippen LogP) is 10.5. The molecule has 0 bridgehead atoms. The molecule has 6 atom stereocenters. The van der Waals surface area contributed by atoms with Gasteiger partial charge in [0.25, 0.3) is 0 Å². The van der Waals surface area contributed by atoms with Crippen molar-refractivity contribution in [1.29, 1.82) is 0 Å². The number of hydrogen-bond acceptors (Lipinski definition) is 5. The molecule has 244 valence electrons. The van der Waals surface area contributed by atoms with Gasteiger partial charge >= 0.3 is 11.9 Å². The van der Waals surface area contributed by atoms with Crippen molar-refractivity contribution in [3.8, 4) is 0 Å². The minimum atomic E-state index is -1.08. The first-order valence-corrected chi connectivity index (χ1v) is 18.4. The zero-order valence-electron chi connectivity index (χ0n) is 28.1. The molecule has 43 heavy (non-hydrogen) atoms. The highest BCUT2D eigenvalue weighted by Gasteiger charge is 2.80. The molecule has 3 fully saturated rings. The second-order valence-corrected chi connectivity index (χ2v) is 14.4. The highest BCUT2D eigenvalue weighted by atomic mass is 16.8. The maximum absolute atomic E-state index is 13.9. The van der Waals surface area contributed by atoms with Crippen molar-refractivity contribution in [2.45, 2.75) is 181 Å². The van der Waals surface area contributed by atoms with E-state index >= 15 is 0 Å². The van der Waals surface area contributed by atoms with Crippen molar-refractivity contribution in [2.75, 3.05) is 0 Å². The van der Waals surface area contributed by atoms with Crippen LogP contribution in [0.2, 0.25) is 0 Å². The number of allylic oxidation sites excluding steroid dienone is 2. The molecule has 0 aromatic rings. The van der Waals surface area contributed by atoms with E-state index in [4.69, 9.17) is 14.2 Å². The average molecular weight is 599 g/mol. The molecule has 5 nitrogen and oxygen atoms in total. The summed E-state index contributed by atoms with van der Waals surface area (Å²) >= 11 is 0. The molecule has 0 saturated carbocycles. The van der Waals surface area contributed by atoms with Crippen molar-refractivity contribution >= 4 is 11.9 Å². The van der Waals surface area contributed by atoms with E-state index in [1.807, 2.05) is 13.8 Å². The van der Waals surface area contributed by atoms with Crippen LogP contribution < -0.4 is 0 Å². The topological polar surface area (TPSA) is 61.8 Å². The summed E-state index contributed by atoms with van der Waals surface area (Å²) in [5.74, 6) is -3.22. The fourth-order valence-electron chi connectivity index (χ4n) is 8.65. The molecular formula is C38H62O5. The highest BCUT2D eigenvalue weighted by Crippen LogP contribution is 2.69. The molecule has 0 amide bonds. The van der Waals surface area contributed by atoms with E-state index in [1.165, 1.54) is 109 Å². The van der Waals surface area contributed by atoms with Gasteiger partial charge in [-0.2, -0.15) is 0 Å². The molecule has 4 aliphatic rings. The van der Waals surface area contributed by atoms with Crippen LogP contribution in [-0.2, 0) is 23.8 Å². The van der Waals surface area contributed by atoms with Crippen molar-refractivity contribution in [1.82, 2.24) is 0 Å². The Kier molecular flexibility index (Phi) is 12.8. The molecular weight excluding hydrogens is 536 g/mol. The van der Waals surface area contributed by atoms with E-state index in [2.05, 4.69) is 32.1 Å². The molecule has 3 aliphatic heterocycles. The van der Waals surface area contributed by atoms with Crippen LogP contribution in [-0.4, -0.2) is 23.5 Å².